The molecule has 1 aliphatic rings. The summed E-state index contributed by atoms with van der Waals surface area (Å²) in [5, 5.41) is 9.56. The SMILES string of the molecule is CC[C@@H]1CN(C(=O)C(C)C)c2cc(O)ccc21. The summed E-state index contributed by atoms with van der Waals surface area (Å²) in [5.74, 6) is 0.740. The number of rotatable bonds is 2. The molecular weight excluding hydrogens is 214 g/mol. The minimum absolute atomic E-state index is 0.0131. The fourth-order valence-corrected chi connectivity index (χ4v) is 2.40. The quantitative estimate of drug-likeness (QED) is 0.853. The summed E-state index contributed by atoms with van der Waals surface area (Å²) in [5.41, 5.74) is 2.06. The van der Waals surface area contributed by atoms with Crippen molar-refractivity contribution in [2.45, 2.75) is 33.1 Å². The summed E-state index contributed by atoms with van der Waals surface area (Å²) in [7, 11) is 0. The lowest BCUT2D eigenvalue weighted by atomic mass is 9.99. The van der Waals surface area contributed by atoms with Crippen LogP contribution in [-0.2, 0) is 4.79 Å². The van der Waals surface area contributed by atoms with Crippen molar-refractivity contribution in [2.75, 3.05) is 11.4 Å². The van der Waals surface area contributed by atoms with Crippen LogP contribution < -0.4 is 4.90 Å². The predicted octanol–water partition coefficient (Wildman–Crippen LogP) is 2.89. The maximum Gasteiger partial charge on any atom is 0.229 e. The summed E-state index contributed by atoms with van der Waals surface area (Å²) in [6.45, 7) is 6.69. The summed E-state index contributed by atoms with van der Waals surface area (Å²) >= 11 is 0. The van der Waals surface area contributed by atoms with Crippen molar-refractivity contribution < 1.29 is 9.90 Å². The van der Waals surface area contributed by atoms with Gasteiger partial charge in [0.2, 0.25) is 5.91 Å². The average molecular weight is 233 g/mol. The lowest BCUT2D eigenvalue weighted by Crippen LogP contribution is -2.33. The molecule has 0 aromatic heterocycles. The molecule has 0 spiro atoms. The van der Waals surface area contributed by atoms with E-state index in [2.05, 4.69) is 6.92 Å². The summed E-state index contributed by atoms with van der Waals surface area (Å²) in [6, 6.07) is 5.34. The van der Waals surface area contributed by atoms with Gasteiger partial charge in [-0.3, -0.25) is 4.79 Å². The lowest BCUT2D eigenvalue weighted by Gasteiger charge is -2.20. The van der Waals surface area contributed by atoms with Crippen molar-refractivity contribution in [2.24, 2.45) is 5.92 Å². The average Bonchev–Trinajstić information content (AvgIpc) is 2.65. The minimum Gasteiger partial charge on any atom is -0.508 e. The highest BCUT2D eigenvalue weighted by atomic mass is 16.3. The van der Waals surface area contributed by atoms with E-state index in [1.54, 1.807) is 12.1 Å². The van der Waals surface area contributed by atoms with Gasteiger partial charge in [0.05, 0.1) is 5.69 Å². The van der Waals surface area contributed by atoms with Gasteiger partial charge >= 0.3 is 0 Å². The molecule has 0 aliphatic carbocycles. The number of aromatic hydroxyl groups is 1. The third-order valence-corrected chi connectivity index (χ3v) is 3.40. The number of carbonyl (C=O) groups is 1. The fourth-order valence-electron chi connectivity index (χ4n) is 2.40. The van der Waals surface area contributed by atoms with Crippen LogP contribution in [0.1, 0.15) is 38.7 Å². The van der Waals surface area contributed by atoms with Gasteiger partial charge in [0, 0.05) is 24.4 Å². The Morgan fingerprint density at radius 2 is 2.24 bits per heavy atom. The van der Waals surface area contributed by atoms with Crippen LogP contribution in [0.15, 0.2) is 18.2 Å². The molecule has 1 amide bonds. The standard InChI is InChI=1S/C14H19NO2/c1-4-10-8-15(14(17)9(2)3)13-7-11(16)5-6-12(10)13/h5-7,9-10,16H,4,8H2,1-3H3/t10-/m1/s1. The fraction of sp³-hybridized carbons (Fsp3) is 0.500. The maximum absolute atomic E-state index is 12.1. The Labute approximate surface area is 102 Å². The number of carbonyl (C=O) groups excluding carboxylic acids is 1. The van der Waals surface area contributed by atoms with Crippen LogP contribution >= 0.6 is 0 Å². The minimum atomic E-state index is -0.0131. The Balaban J connectivity index is 2.41. The summed E-state index contributed by atoms with van der Waals surface area (Å²) < 4.78 is 0. The van der Waals surface area contributed by atoms with E-state index in [1.807, 2.05) is 24.8 Å². The highest BCUT2D eigenvalue weighted by Gasteiger charge is 2.32. The highest BCUT2D eigenvalue weighted by molar-refractivity contribution is 5.97. The third-order valence-electron chi connectivity index (χ3n) is 3.40. The molecule has 2 rings (SSSR count). The third kappa shape index (κ3) is 2.02. The lowest BCUT2D eigenvalue weighted by molar-refractivity contribution is -0.121. The number of anilines is 1. The number of benzene rings is 1. The molecule has 1 aromatic rings. The Hall–Kier alpha value is -1.51. The van der Waals surface area contributed by atoms with E-state index in [1.165, 1.54) is 5.56 Å². The Kier molecular flexibility index (Phi) is 3.09. The van der Waals surface area contributed by atoms with E-state index < -0.39 is 0 Å². The zero-order valence-electron chi connectivity index (χ0n) is 10.6. The zero-order valence-corrected chi connectivity index (χ0v) is 10.6. The molecule has 0 saturated carbocycles. The van der Waals surface area contributed by atoms with Gasteiger partial charge in [0.25, 0.3) is 0 Å². The first-order valence-electron chi connectivity index (χ1n) is 6.18. The molecule has 1 N–H and O–H groups in total. The van der Waals surface area contributed by atoms with Gasteiger partial charge in [0.1, 0.15) is 5.75 Å². The van der Waals surface area contributed by atoms with Gasteiger partial charge in [-0.25, -0.2) is 0 Å². The molecular formula is C14H19NO2. The van der Waals surface area contributed by atoms with E-state index in [0.717, 1.165) is 18.7 Å². The second kappa shape index (κ2) is 4.40. The van der Waals surface area contributed by atoms with Crippen LogP contribution in [0.5, 0.6) is 5.75 Å². The first-order chi connectivity index (χ1) is 8.04. The van der Waals surface area contributed by atoms with E-state index in [9.17, 15) is 9.90 Å². The van der Waals surface area contributed by atoms with E-state index in [4.69, 9.17) is 0 Å². The number of nitrogens with zero attached hydrogens (tertiary/aromatic N) is 1. The van der Waals surface area contributed by atoms with Crippen molar-refractivity contribution >= 4 is 11.6 Å². The first kappa shape index (κ1) is 12.0. The van der Waals surface area contributed by atoms with E-state index in [0.29, 0.717) is 5.92 Å². The van der Waals surface area contributed by atoms with Gasteiger partial charge < -0.3 is 10.0 Å². The number of amides is 1. The largest absolute Gasteiger partial charge is 0.508 e. The van der Waals surface area contributed by atoms with Gasteiger partial charge in [-0.05, 0) is 18.1 Å². The van der Waals surface area contributed by atoms with E-state index in [-0.39, 0.29) is 17.6 Å². The molecule has 0 fully saturated rings. The van der Waals surface area contributed by atoms with Crippen molar-refractivity contribution in [3.05, 3.63) is 23.8 Å². The van der Waals surface area contributed by atoms with Crippen LogP contribution in [0.25, 0.3) is 0 Å². The number of fused-ring (bicyclic) bond motifs is 1. The molecule has 1 aliphatic heterocycles. The second-order valence-corrected chi connectivity index (χ2v) is 4.95. The van der Waals surface area contributed by atoms with Crippen molar-refractivity contribution in [1.82, 2.24) is 0 Å². The molecule has 0 saturated heterocycles. The van der Waals surface area contributed by atoms with Crippen LogP contribution in [0.3, 0.4) is 0 Å². The number of phenols is 1. The molecule has 1 atom stereocenters. The monoisotopic (exact) mass is 233 g/mol. The van der Waals surface area contributed by atoms with Crippen LogP contribution in [0.2, 0.25) is 0 Å². The number of phenolic OH excluding ortho intramolecular Hbond substituents is 1. The normalized spacial score (nSPS) is 18.6. The Bertz CT molecular complexity index is 440. The predicted molar refractivity (Wildman–Crippen MR) is 68.3 cm³/mol. The maximum atomic E-state index is 12.1. The Morgan fingerprint density at radius 3 is 2.82 bits per heavy atom. The van der Waals surface area contributed by atoms with Crippen LogP contribution in [0.4, 0.5) is 5.69 Å². The zero-order chi connectivity index (χ0) is 12.6. The second-order valence-electron chi connectivity index (χ2n) is 4.95. The molecule has 17 heavy (non-hydrogen) atoms. The molecule has 1 aromatic carbocycles. The molecule has 0 radical (unpaired) electrons. The smallest absolute Gasteiger partial charge is 0.229 e. The number of hydrogen-bond donors (Lipinski definition) is 1. The van der Waals surface area contributed by atoms with Gasteiger partial charge in [-0.1, -0.05) is 26.8 Å². The first-order valence-corrected chi connectivity index (χ1v) is 6.18. The molecule has 92 valence electrons. The van der Waals surface area contributed by atoms with E-state index >= 15 is 0 Å². The van der Waals surface area contributed by atoms with Crippen LogP contribution in [-0.4, -0.2) is 17.6 Å². The molecule has 0 bridgehead atoms. The molecule has 0 unspecified atom stereocenters. The number of hydrogen-bond acceptors (Lipinski definition) is 2. The van der Waals surface area contributed by atoms with Crippen molar-refractivity contribution in [3.63, 3.8) is 0 Å². The Morgan fingerprint density at radius 1 is 1.53 bits per heavy atom. The summed E-state index contributed by atoms with van der Waals surface area (Å²) in [4.78, 5) is 13.9. The molecule has 1 heterocycles. The topological polar surface area (TPSA) is 40.5 Å². The van der Waals surface area contributed by atoms with Crippen molar-refractivity contribution in [3.8, 4) is 5.75 Å². The highest BCUT2D eigenvalue weighted by Crippen LogP contribution is 2.40. The van der Waals surface area contributed by atoms with Crippen LogP contribution in [0, 0.1) is 5.92 Å². The van der Waals surface area contributed by atoms with Gasteiger partial charge in [0.15, 0.2) is 0 Å². The summed E-state index contributed by atoms with van der Waals surface area (Å²) in [6.07, 6.45) is 1.01. The molecule has 3 heteroatoms. The molecule has 3 nitrogen and oxygen atoms in total. The van der Waals surface area contributed by atoms with Crippen molar-refractivity contribution in [1.29, 1.82) is 0 Å². The van der Waals surface area contributed by atoms with Gasteiger partial charge in [-0.15, -0.1) is 0 Å². The van der Waals surface area contributed by atoms with Gasteiger partial charge in [-0.2, -0.15) is 0 Å².